The van der Waals surface area contributed by atoms with E-state index >= 15 is 0 Å². The monoisotopic (exact) mass is 279 g/mol. The van der Waals surface area contributed by atoms with E-state index in [2.05, 4.69) is 18.5 Å². The van der Waals surface area contributed by atoms with E-state index in [0.29, 0.717) is 12.6 Å². The summed E-state index contributed by atoms with van der Waals surface area (Å²) in [7, 11) is 0. The Morgan fingerprint density at radius 2 is 2.25 bits per heavy atom. The van der Waals surface area contributed by atoms with Crippen LogP contribution in [0.4, 0.5) is 0 Å². The molecule has 1 aromatic rings. The number of nitrogens with zero attached hydrogens (tertiary/aromatic N) is 2. The van der Waals surface area contributed by atoms with E-state index in [0.717, 1.165) is 51.2 Å². The van der Waals surface area contributed by atoms with Crippen molar-refractivity contribution in [1.82, 2.24) is 9.78 Å². The van der Waals surface area contributed by atoms with Crippen LogP contribution in [0.25, 0.3) is 0 Å². The molecular formula is C15H25N3O2. The summed E-state index contributed by atoms with van der Waals surface area (Å²) in [5.41, 5.74) is 9.35. The van der Waals surface area contributed by atoms with Gasteiger partial charge in [-0.1, -0.05) is 0 Å². The van der Waals surface area contributed by atoms with Crippen molar-refractivity contribution in [3.8, 4) is 0 Å². The Balaban J connectivity index is 1.83. The second-order valence-electron chi connectivity index (χ2n) is 6.11. The molecule has 2 atom stereocenters. The Bertz CT molecular complexity index is 478. The van der Waals surface area contributed by atoms with Gasteiger partial charge < -0.3 is 15.2 Å². The molecule has 0 bridgehead atoms. The third-order valence-corrected chi connectivity index (χ3v) is 4.75. The maximum Gasteiger partial charge on any atom is 0.0957 e. The molecule has 5 nitrogen and oxygen atoms in total. The lowest BCUT2D eigenvalue weighted by Crippen LogP contribution is -2.41. The average molecular weight is 279 g/mol. The van der Waals surface area contributed by atoms with E-state index in [-0.39, 0.29) is 5.60 Å². The second kappa shape index (κ2) is 5.47. The van der Waals surface area contributed by atoms with Crippen molar-refractivity contribution in [3.63, 3.8) is 0 Å². The van der Waals surface area contributed by atoms with Gasteiger partial charge in [-0.2, -0.15) is 5.10 Å². The van der Waals surface area contributed by atoms with Crippen molar-refractivity contribution in [2.75, 3.05) is 26.4 Å². The predicted octanol–water partition coefficient (Wildman–Crippen LogP) is 1.51. The minimum absolute atomic E-state index is 0.0662. The lowest BCUT2D eigenvalue weighted by molar-refractivity contribution is -0.0965. The lowest BCUT2D eigenvalue weighted by Gasteiger charge is -2.37. The van der Waals surface area contributed by atoms with E-state index in [1.807, 2.05) is 0 Å². The summed E-state index contributed by atoms with van der Waals surface area (Å²) in [6.45, 7) is 7.29. The van der Waals surface area contributed by atoms with E-state index in [1.54, 1.807) is 0 Å². The van der Waals surface area contributed by atoms with Gasteiger partial charge in [-0.15, -0.1) is 0 Å². The second-order valence-corrected chi connectivity index (χ2v) is 6.11. The topological polar surface area (TPSA) is 62.3 Å². The van der Waals surface area contributed by atoms with Gasteiger partial charge in [0.1, 0.15) is 0 Å². The SMILES string of the molecule is Cc1nn(C2CCOC3(CCOC3)C2)c(C)c1CCN. The van der Waals surface area contributed by atoms with Crippen LogP contribution < -0.4 is 5.73 Å². The highest BCUT2D eigenvalue weighted by atomic mass is 16.6. The maximum absolute atomic E-state index is 6.02. The minimum Gasteiger partial charge on any atom is -0.378 e. The summed E-state index contributed by atoms with van der Waals surface area (Å²) in [6, 6.07) is 0.427. The molecule has 0 saturated carbocycles. The standard InChI is InChI=1S/C15H25N3O2/c1-11-14(3-6-16)12(2)18(17-11)13-4-7-20-15(9-13)5-8-19-10-15/h13H,3-10,16H2,1-2H3. The van der Waals surface area contributed by atoms with E-state index in [9.17, 15) is 0 Å². The molecule has 2 aliphatic heterocycles. The molecule has 1 spiro atoms. The summed E-state index contributed by atoms with van der Waals surface area (Å²) in [5, 5.41) is 4.77. The third-order valence-electron chi connectivity index (χ3n) is 4.75. The van der Waals surface area contributed by atoms with Crippen molar-refractivity contribution in [2.45, 2.75) is 51.2 Å². The van der Waals surface area contributed by atoms with Gasteiger partial charge in [0.25, 0.3) is 0 Å². The van der Waals surface area contributed by atoms with Crippen molar-refractivity contribution >= 4 is 0 Å². The zero-order valence-electron chi connectivity index (χ0n) is 12.5. The Hall–Kier alpha value is -0.910. The fourth-order valence-corrected chi connectivity index (χ4v) is 3.63. The van der Waals surface area contributed by atoms with Crippen molar-refractivity contribution in [1.29, 1.82) is 0 Å². The highest BCUT2D eigenvalue weighted by Crippen LogP contribution is 2.38. The van der Waals surface area contributed by atoms with Crippen LogP contribution in [0.2, 0.25) is 0 Å². The van der Waals surface area contributed by atoms with Crippen LogP contribution in [0.5, 0.6) is 0 Å². The molecule has 2 fully saturated rings. The first-order valence-electron chi connectivity index (χ1n) is 7.61. The Labute approximate surface area is 120 Å². The number of hydrogen-bond acceptors (Lipinski definition) is 4. The summed E-state index contributed by atoms with van der Waals surface area (Å²) in [4.78, 5) is 0. The van der Waals surface area contributed by atoms with Gasteiger partial charge >= 0.3 is 0 Å². The van der Waals surface area contributed by atoms with Crippen molar-refractivity contribution in [2.24, 2.45) is 5.73 Å². The van der Waals surface area contributed by atoms with Gasteiger partial charge in [0.05, 0.1) is 23.9 Å². The van der Waals surface area contributed by atoms with Gasteiger partial charge in [0.2, 0.25) is 0 Å². The van der Waals surface area contributed by atoms with E-state index in [4.69, 9.17) is 20.3 Å². The van der Waals surface area contributed by atoms with Crippen LogP contribution in [0, 0.1) is 13.8 Å². The normalized spacial score (nSPS) is 30.2. The number of hydrogen-bond donors (Lipinski definition) is 1. The molecule has 3 rings (SSSR count). The first-order valence-corrected chi connectivity index (χ1v) is 7.61. The van der Waals surface area contributed by atoms with Crippen LogP contribution in [-0.2, 0) is 15.9 Å². The fraction of sp³-hybridized carbons (Fsp3) is 0.800. The van der Waals surface area contributed by atoms with Crippen LogP contribution >= 0.6 is 0 Å². The van der Waals surface area contributed by atoms with Crippen LogP contribution in [0.15, 0.2) is 0 Å². The molecule has 3 heterocycles. The largest absolute Gasteiger partial charge is 0.378 e. The first kappa shape index (κ1) is 14.0. The molecule has 0 amide bonds. The van der Waals surface area contributed by atoms with Gasteiger partial charge in [-0.05, 0) is 38.8 Å². The quantitative estimate of drug-likeness (QED) is 0.911. The molecule has 0 aliphatic carbocycles. The van der Waals surface area contributed by atoms with Gasteiger partial charge in [0.15, 0.2) is 0 Å². The predicted molar refractivity (Wildman–Crippen MR) is 76.8 cm³/mol. The van der Waals surface area contributed by atoms with E-state index in [1.165, 1.54) is 11.3 Å². The molecule has 0 aromatic carbocycles. The molecule has 1 aromatic heterocycles. The number of aryl methyl sites for hydroxylation is 1. The van der Waals surface area contributed by atoms with Crippen molar-refractivity contribution in [3.05, 3.63) is 17.0 Å². The molecule has 2 aliphatic rings. The summed E-state index contributed by atoms with van der Waals surface area (Å²) in [6.07, 6.45) is 3.97. The Morgan fingerprint density at radius 3 is 2.95 bits per heavy atom. The third kappa shape index (κ3) is 2.38. The zero-order valence-corrected chi connectivity index (χ0v) is 12.5. The van der Waals surface area contributed by atoms with Gasteiger partial charge in [0, 0.05) is 31.7 Å². The smallest absolute Gasteiger partial charge is 0.0957 e. The summed E-state index contributed by atoms with van der Waals surface area (Å²) in [5.74, 6) is 0. The van der Waals surface area contributed by atoms with Gasteiger partial charge in [-0.25, -0.2) is 0 Å². The highest BCUT2D eigenvalue weighted by molar-refractivity contribution is 5.25. The Kier molecular flexibility index (Phi) is 3.84. The molecular weight excluding hydrogens is 254 g/mol. The summed E-state index contributed by atoms with van der Waals surface area (Å²) >= 11 is 0. The lowest BCUT2D eigenvalue weighted by atomic mass is 9.89. The molecule has 112 valence electrons. The molecule has 2 N–H and O–H groups in total. The minimum atomic E-state index is -0.0662. The fourth-order valence-electron chi connectivity index (χ4n) is 3.63. The first-order chi connectivity index (χ1) is 9.65. The van der Waals surface area contributed by atoms with Crippen LogP contribution in [0.3, 0.4) is 0 Å². The van der Waals surface area contributed by atoms with E-state index < -0.39 is 0 Å². The van der Waals surface area contributed by atoms with Crippen LogP contribution in [0.1, 0.15) is 42.3 Å². The van der Waals surface area contributed by atoms with Gasteiger partial charge in [-0.3, -0.25) is 4.68 Å². The molecule has 2 unspecified atom stereocenters. The molecule has 0 radical (unpaired) electrons. The highest BCUT2D eigenvalue weighted by Gasteiger charge is 2.42. The summed E-state index contributed by atoms with van der Waals surface area (Å²) < 4.78 is 13.8. The molecule has 20 heavy (non-hydrogen) atoms. The average Bonchev–Trinajstić information content (AvgIpc) is 2.99. The maximum atomic E-state index is 6.02. The number of nitrogens with two attached hydrogens (primary N) is 1. The van der Waals surface area contributed by atoms with Crippen molar-refractivity contribution < 1.29 is 9.47 Å². The molecule has 2 saturated heterocycles. The zero-order chi connectivity index (χ0) is 14.2. The number of rotatable bonds is 3. The number of ether oxygens (including phenoxy) is 2. The van der Waals surface area contributed by atoms with Crippen LogP contribution in [-0.4, -0.2) is 41.7 Å². The molecule has 5 heteroatoms. The number of aromatic nitrogens is 2. The Morgan fingerprint density at radius 1 is 1.40 bits per heavy atom.